The summed E-state index contributed by atoms with van der Waals surface area (Å²) < 4.78 is 13.4. The first-order chi connectivity index (χ1) is 8.95. The molecule has 19 heavy (non-hydrogen) atoms. The van der Waals surface area contributed by atoms with E-state index in [9.17, 15) is 9.18 Å². The average Bonchev–Trinajstić information content (AvgIpc) is 2.39. The molecule has 1 aromatic carbocycles. The second-order valence-corrected chi connectivity index (χ2v) is 5.54. The van der Waals surface area contributed by atoms with Crippen molar-refractivity contribution in [3.05, 3.63) is 29.6 Å². The molecule has 0 spiro atoms. The van der Waals surface area contributed by atoms with Crippen LogP contribution in [0.2, 0.25) is 0 Å². The Morgan fingerprint density at radius 2 is 2.21 bits per heavy atom. The van der Waals surface area contributed by atoms with E-state index in [-0.39, 0.29) is 18.3 Å². The molecule has 0 saturated carbocycles. The van der Waals surface area contributed by atoms with Crippen LogP contribution in [-0.2, 0) is 0 Å². The molecule has 3 nitrogen and oxygen atoms in total. The molecule has 2 N–H and O–H groups in total. The number of amides is 1. The van der Waals surface area contributed by atoms with Gasteiger partial charge in [0.25, 0.3) is 5.91 Å². The Morgan fingerprint density at radius 3 is 2.74 bits per heavy atom. The van der Waals surface area contributed by atoms with Gasteiger partial charge in [0.05, 0.1) is 0 Å². The maximum absolute atomic E-state index is 13.4. The second-order valence-electron chi connectivity index (χ2n) is 4.69. The standard InChI is InChI=1S/C14H20FNO2S/c1-4-14(2,7-8-17)16-13(18)10-5-6-11(15)12(9-10)19-3/h5-6,9,17H,4,7-8H2,1-3H3,(H,16,18). The van der Waals surface area contributed by atoms with E-state index in [1.807, 2.05) is 13.8 Å². The summed E-state index contributed by atoms with van der Waals surface area (Å²) in [5.74, 6) is -0.564. The Kier molecular flexibility index (Phi) is 5.82. The first-order valence-corrected chi connectivity index (χ1v) is 7.45. The van der Waals surface area contributed by atoms with Gasteiger partial charge in [-0.15, -0.1) is 11.8 Å². The summed E-state index contributed by atoms with van der Waals surface area (Å²) in [7, 11) is 0. The van der Waals surface area contributed by atoms with Crippen LogP contribution in [0.4, 0.5) is 4.39 Å². The molecule has 0 aliphatic carbocycles. The summed E-state index contributed by atoms with van der Waals surface area (Å²) >= 11 is 1.27. The number of aliphatic hydroxyl groups excluding tert-OH is 1. The number of carbonyl (C=O) groups is 1. The minimum absolute atomic E-state index is 0.0180. The van der Waals surface area contributed by atoms with Gasteiger partial charge in [0, 0.05) is 22.6 Å². The van der Waals surface area contributed by atoms with Gasteiger partial charge in [-0.05, 0) is 44.2 Å². The van der Waals surface area contributed by atoms with Gasteiger partial charge < -0.3 is 10.4 Å². The molecule has 1 atom stereocenters. The molecule has 1 amide bonds. The summed E-state index contributed by atoms with van der Waals surface area (Å²) in [5, 5.41) is 11.9. The number of halogens is 1. The average molecular weight is 285 g/mol. The number of hydrogen-bond donors (Lipinski definition) is 2. The van der Waals surface area contributed by atoms with E-state index in [2.05, 4.69) is 5.32 Å². The first kappa shape index (κ1) is 16.0. The summed E-state index contributed by atoms with van der Waals surface area (Å²) in [6.07, 6.45) is 2.98. The van der Waals surface area contributed by atoms with Crippen LogP contribution in [0.3, 0.4) is 0 Å². The van der Waals surface area contributed by atoms with Gasteiger partial charge >= 0.3 is 0 Å². The summed E-state index contributed by atoms with van der Waals surface area (Å²) in [5.41, 5.74) is -0.0110. The lowest BCUT2D eigenvalue weighted by molar-refractivity contribution is 0.0886. The third-order valence-corrected chi connectivity index (χ3v) is 4.03. The van der Waals surface area contributed by atoms with Crippen LogP contribution in [-0.4, -0.2) is 29.4 Å². The highest BCUT2D eigenvalue weighted by atomic mass is 32.2. The van der Waals surface area contributed by atoms with Gasteiger partial charge in [-0.2, -0.15) is 0 Å². The van der Waals surface area contributed by atoms with Gasteiger partial charge in [0.1, 0.15) is 5.82 Å². The largest absolute Gasteiger partial charge is 0.396 e. The fourth-order valence-electron chi connectivity index (χ4n) is 1.72. The zero-order valence-corrected chi connectivity index (χ0v) is 12.3. The number of thioether (sulfide) groups is 1. The molecular weight excluding hydrogens is 265 g/mol. The molecule has 0 radical (unpaired) electrons. The molecule has 0 aliphatic rings. The summed E-state index contributed by atoms with van der Waals surface area (Å²) in [6.45, 7) is 3.86. The van der Waals surface area contributed by atoms with Crippen molar-refractivity contribution in [3.8, 4) is 0 Å². The molecule has 0 saturated heterocycles. The van der Waals surface area contributed by atoms with E-state index in [1.165, 1.54) is 23.9 Å². The van der Waals surface area contributed by atoms with E-state index in [0.29, 0.717) is 16.9 Å². The minimum Gasteiger partial charge on any atom is -0.396 e. The smallest absolute Gasteiger partial charge is 0.251 e. The zero-order chi connectivity index (χ0) is 14.5. The van der Waals surface area contributed by atoms with Crippen molar-refractivity contribution in [2.24, 2.45) is 0 Å². The van der Waals surface area contributed by atoms with Crippen LogP contribution >= 0.6 is 11.8 Å². The summed E-state index contributed by atoms with van der Waals surface area (Å²) in [4.78, 5) is 12.6. The number of benzene rings is 1. The van der Waals surface area contributed by atoms with Gasteiger partial charge in [-0.25, -0.2) is 4.39 Å². The monoisotopic (exact) mass is 285 g/mol. The van der Waals surface area contributed by atoms with Crippen LogP contribution in [0.1, 0.15) is 37.0 Å². The number of hydrogen-bond acceptors (Lipinski definition) is 3. The van der Waals surface area contributed by atoms with Crippen molar-refractivity contribution in [1.82, 2.24) is 5.32 Å². The van der Waals surface area contributed by atoms with Crippen molar-refractivity contribution < 1.29 is 14.3 Å². The lowest BCUT2D eigenvalue weighted by Crippen LogP contribution is -2.46. The summed E-state index contributed by atoms with van der Waals surface area (Å²) in [6, 6.07) is 4.32. The molecule has 1 aromatic rings. The van der Waals surface area contributed by atoms with Crippen LogP contribution < -0.4 is 5.32 Å². The molecule has 5 heteroatoms. The Balaban J connectivity index is 2.88. The SMILES string of the molecule is CCC(C)(CCO)NC(=O)c1ccc(F)c(SC)c1. The molecule has 0 bridgehead atoms. The van der Waals surface area contributed by atoms with Crippen molar-refractivity contribution in [2.45, 2.75) is 37.1 Å². The Bertz CT molecular complexity index is 453. The maximum atomic E-state index is 13.4. The van der Waals surface area contributed by atoms with Crippen molar-refractivity contribution >= 4 is 17.7 Å². The number of carbonyl (C=O) groups excluding carboxylic acids is 1. The first-order valence-electron chi connectivity index (χ1n) is 6.22. The van der Waals surface area contributed by atoms with Gasteiger partial charge in [-0.3, -0.25) is 4.79 Å². The van der Waals surface area contributed by atoms with Crippen LogP contribution in [0.15, 0.2) is 23.1 Å². The third-order valence-electron chi connectivity index (χ3n) is 3.27. The molecule has 1 rings (SSSR count). The quantitative estimate of drug-likeness (QED) is 0.790. The van der Waals surface area contributed by atoms with E-state index in [4.69, 9.17) is 5.11 Å². The molecular formula is C14H20FNO2S. The molecule has 0 heterocycles. The Hall–Kier alpha value is -1.07. The van der Waals surface area contributed by atoms with Crippen molar-refractivity contribution in [2.75, 3.05) is 12.9 Å². The van der Waals surface area contributed by atoms with Gasteiger partial charge in [0.2, 0.25) is 0 Å². The van der Waals surface area contributed by atoms with E-state index < -0.39 is 5.54 Å². The lowest BCUT2D eigenvalue weighted by Gasteiger charge is -2.29. The highest BCUT2D eigenvalue weighted by Gasteiger charge is 2.24. The Morgan fingerprint density at radius 1 is 1.53 bits per heavy atom. The van der Waals surface area contributed by atoms with E-state index >= 15 is 0 Å². The molecule has 106 valence electrons. The predicted octanol–water partition coefficient (Wildman–Crippen LogP) is 2.83. The number of aliphatic hydroxyl groups is 1. The third kappa shape index (κ3) is 4.21. The topological polar surface area (TPSA) is 49.3 Å². The number of rotatable bonds is 6. The highest BCUT2D eigenvalue weighted by Crippen LogP contribution is 2.21. The van der Waals surface area contributed by atoms with E-state index in [1.54, 1.807) is 12.3 Å². The van der Waals surface area contributed by atoms with E-state index in [0.717, 1.165) is 6.42 Å². The normalized spacial score (nSPS) is 13.9. The predicted molar refractivity (Wildman–Crippen MR) is 76.0 cm³/mol. The van der Waals surface area contributed by atoms with Gasteiger partial charge in [-0.1, -0.05) is 6.92 Å². The second kappa shape index (κ2) is 6.91. The molecule has 0 aromatic heterocycles. The molecule has 0 aliphatic heterocycles. The maximum Gasteiger partial charge on any atom is 0.251 e. The highest BCUT2D eigenvalue weighted by molar-refractivity contribution is 7.98. The lowest BCUT2D eigenvalue weighted by atomic mass is 9.94. The van der Waals surface area contributed by atoms with Crippen molar-refractivity contribution in [3.63, 3.8) is 0 Å². The minimum atomic E-state index is -0.445. The fraction of sp³-hybridized carbons (Fsp3) is 0.500. The Labute approximate surface area is 117 Å². The molecule has 0 fully saturated rings. The fourth-order valence-corrected chi connectivity index (χ4v) is 2.23. The zero-order valence-electron chi connectivity index (χ0n) is 11.5. The van der Waals surface area contributed by atoms with Crippen LogP contribution in [0.25, 0.3) is 0 Å². The van der Waals surface area contributed by atoms with Crippen molar-refractivity contribution in [1.29, 1.82) is 0 Å². The van der Waals surface area contributed by atoms with Crippen LogP contribution in [0, 0.1) is 5.82 Å². The van der Waals surface area contributed by atoms with Gasteiger partial charge in [0.15, 0.2) is 0 Å². The van der Waals surface area contributed by atoms with Crippen LogP contribution in [0.5, 0.6) is 0 Å². The molecule has 1 unspecified atom stereocenters. The number of nitrogens with one attached hydrogen (secondary N) is 1.